The van der Waals surface area contributed by atoms with E-state index in [9.17, 15) is 18.0 Å². The largest absolute Gasteiger partial charge is 0.434 e. The Morgan fingerprint density at radius 3 is 2.53 bits per heavy atom. The number of aromatic nitrogens is 1. The fourth-order valence-electron chi connectivity index (χ4n) is 1.40. The van der Waals surface area contributed by atoms with Crippen molar-refractivity contribution in [2.45, 2.75) is 6.18 Å². The van der Waals surface area contributed by atoms with Crippen molar-refractivity contribution < 1.29 is 18.0 Å². The van der Waals surface area contributed by atoms with Gasteiger partial charge in [0.15, 0.2) is 10.2 Å². The Morgan fingerprint density at radius 1 is 1.26 bits per heavy atom. The molecule has 1 aromatic heterocycles. The molecule has 0 aliphatic rings. The van der Waals surface area contributed by atoms with E-state index in [1.165, 1.54) is 24.3 Å². The molecule has 100 valence electrons. The van der Waals surface area contributed by atoms with Crippen molar-refractivity contribution in [2.24, 2.45) is 0 Å². The molecule has 0 saturated heterocycles. The van der Waals surface area contributed by atoms with E-state index in [0.717, 1.165) is 0 Å². The van der Waals surface area contributed by atoms with Crippen LogP contribution in [0.5, 0.6) is 0 Å². The Morgan fingerprint density at radius 2 is 1.95 bits per heavy atom. The first kappa shape index (κ1) is 14.3. The summed E-state index contributed by atoms with van der Waals surface area (Å²) in [4.78, 5) is 14.6. The third kappa shape index (κ3) is 3.08. The van der Waals surface area contributed by atoms with Gasteiger partial charge in [-0.1, -0.05) is 46.7 Å². The summed E-state index contributed by atoms with van der Waals surface area (Å²) in [7, 11) is 0. The van der Waals surface area contributed by atoms with Gasteiger partial charge in [-0.05, 0) is 12.1 Å². The molecule has 19 heavy (non-hydrogen) atoms. The van der Waals surface area contributed by atoms with Gasteiger partial charge in [0.1, 0.15) is 4.88 Å². The molecule has 2 nitrogen and oxygen atoms in total. The lowest BCUT2D eigenvalue weighted by molar-refractivity contribution is -0.141. The fraction of sp³-hybridized carbons (Fsp3) is 0.0909. The molecule has 0 aliphatic heterocycles. The van der Waals surface area contributed by atoms with Gasteiger partial charge in [-0.25, -0.2) is 4.98 Å². The van der Waals surface area contributed by atoms with Gasteiger partial charge in [0.25, 0.3) is 0 Å². The van der Waals surface area contributed by atoms with Gasteiger partial charge in [-0.2, -0.15) is 13.2 Å². The van der Waals surface area contributed by atoms with Crippen molar-refractivity contribution in [3.63, 3.8) is 0 Å². The summed E-state index contributed by atoms with van der Waals surface area (Å²) in [5.74, 6) is -0.806. The summed E-state index contributed by atoms with van der Waals surface area (Å²) in [6.45, 7) is 0. The Balaban J connectivity index is 2.51. The molecule has 0 radical (unpaired) electrons. The first-order chi connectivity index (χ1) is 8.79. The van der Waals surface area contributed by atoms with Gasteiger partial charge in [0.05, 0.1) is 0 Å². The standard InChI is InChI=1S/C11H4Cl2F3NOS/c12-6-3-1-2-5(4-6)7(18)8-9(11(14,15)16)17-10(13)19-8/h1-4H. The fourth-order valence-corrected chi connectivity index (χ4v) is 2.68. The molecule has 1 aromatic carbocycles. The van der Waals surface area contributed by atoms with Crippen LogP contribution < -0.4 is 0 Å². The number of rotatable bonds is 2. The monoisotopic (exact) mass is 325 g/mol. The molecule has 2 rings (SSSR count). The van der Waals surface area contributed by atoms with Gasteiger partial charge in [-0.15, -0.1) is 0 Å². The lowest BCUT2D eigenvalue weighted by Gasteiger charge is -2.05. The third-order valence-electron chi connectivity index (χ3n) is 2.16. The highest BCUT2D eigenvalue weighted by Gasteiger charge is 2.39. The topological polar surface area (TPSA) is 30.0 Å². The van der Waals surface area contributed by atoms with Crippen molar-refractivity contribution in [3.05, 3.63) is 49.9 Å². The van der Waals surface area contributed by atoms with Crippen LogP contribution in [0.3, 0.4) is 0 Å². The summed E-state index contributed by atoms with van der Waals surface area (Å²) in [6, 6.07) is 5.66. The van der Waals surface area contributed by atoms with Crippen molar-refractivity contribution >= 4 is 40.3 Å². The molecule has 0 amide bonds. The van der Waals surface area contributed by atoms with Crippen LogP contribution in [0.15, 0.2) is 24.3 Å². The molecule has 1 heterocycles. The predicted octanol–water partition coefficient (Wildman–Crippen LogP) is 4.70. The molecular weight excluding hydrogens is 322 g/mol. The smallest absolute Gasteiger partial charge is 0.288 e. The normalized spacial score (nSPS) is 11.6. The Kier molecular flexibility index (Phi) is 3.85. The van der Waals surface area contributed by atoms with E-state index < -0.39 is 22.5 Å². The van der Waals surface area contributed by atoms with E-state index in [4.69, 9.17) is 23.2 Å². The minimum absolute atomic E-state index is 0.0540. The van der Waals surface area contributed by atoms with E-state index in [0.29, 0.717) is 11.3 Å². The van der Waals surface area contributed by atoms with Crippen LogP contribution in [-0.2, 0) is 6.18 Å². The highest BCUT2D eigenvalue weighted by atomic mass is 35.5. The van der Waals surface area contributed by atoms with Gasteiger partial charge in [-0.3, -0.25) is 4.79 Å². The number of thiazole rings is 1. The second kappa shape index (κ2) is 5.11. The zero-order valence-electron chi connectivity index (χ0n) is 8.96. The summed E-state index contributed by atoms with van der Waals surface area (Å²) < 4.78 is 37.8. The molecule has 0 atom stereocenters. The predicted molar refractivity (Wildman–Crippen MR) is 67.0 cm³/mol. The third-order valence-corrected chi connectivity index (χ3v) is 3.56. The second-order valence-electron chi connectivity index (χ2n) is 3.48. The molecule has 0 N–H and O–H groups in total. The maximum Gasteiger partial charge on any atom is 0.434 e. The maximum atomic E-state index is 12.7. The van der Waals surface area contributed by atoms with Crippen molar-refractivity contribution in [1.82, 2.24) is 4.98 Å². The van der Waals surface area contributed by atoms with Gasteiger partial charge < -0.3 is 0 Å². The number of ketones is 1. The molecule has 0 bridgehead atoms. The minimum atomic E-state index is -4.73. The molecule has 2 aromatic rings. The van der Waals surface area contributed by atoms with Crippen LogP contribution in [-0.4, -0.2) is 10.8 Å². The number of hydrogen-bond donors (Lipinski definition) is 0. The Labute approximate surface area is 119 Å². The van der Waals surface area contributed by atoms with Crippen LogP contribution in [0.2, 0.25) is 9.49 Å². The molecule has 0 spiro atoms. The van der Waals surface area contributed by atoms with E-state index in [-0.39, 0.29) is 15.1 Å². The number of nitrogens with zero attached hydrogens (tertiary/aromatic N) is 1. The average molecular weight is 326 g/mol. The summed E-state index contributed by atoms with van der Waals surface area (Å²) >= 11 is 11.7. The number of alkyl halides is 3. The first-order valence-electron chi connectivity index (χ1n) is 4.83. The van der Waals surface area contributed by atoms with Gasteiger partial charge >= 0.3 is 6.18 Å². The number of benzene rings is 1. The quantitative estimate of drug-likeness (QED) is 0.749. The second-order valence-corrected chi connectivity index (χ2v) is 5.50. The molecule has 0 unspecified atom stereocenters. The maximum absolute atomic E-state index is 12.7. The Hall–Kier alpha value is -1.11. The van der Waals surface area contributed by atoms with E-state index >= 15 is 0 Å². The number of halogens is 5. The van der Waals surface area contributed by atoms with Crippen LogP contribution in [0, 0.1) is 0 Å². The van der Waals surface area contributed by atoms with Crippen molar-refractivity contribution in [2.75, 3.05) is 0 Å². The molecule has 8 heteroatoms. The van der Waals surface area contributed by atoms with Gasteiger partial charge in [0.2, 0.25) is 5.78 Å². The van der Waals surface area contributed by atoms with E-state index in [2.05, 4.69) is 4.98 Å². The minimum Gasteiger partial charge on any atom is -0.288 e. The molecule has 0 aliphatic carbocycles. The highest BCUT2D eigenvalue weighted by molar-refractivity contribution is 7.17. The molecular formula is C11H4Cl2F3NOS. The molecule has 0 fully saturated rings. The van der Waals surface area contributed by atoms with Gasteiger partial charge in [0, 0.05) is 10.6 Å². The SMILES string of the molecule is O=C(c1cccc(Cl)c1)c1sc(Cl)nc1C(F)(F)F. The summed E-state index contributed by atoms with van der Waals surface area (Å²) in [6.07, 6.45) is -4.73. The summed E-state index contributed by atoms with van der Waals surface area (Å²) in [5, 5.41) is 0.259. The zero-order chi connectivity index (χ0) is 14.2. The Bertz CT molecular complexity index is 639. The van der Waals surface area contributed by atoms with Crippen molar-refractivity contribution in [3.8, 4) is 0 Å². The molecule has 0 saturated carbocycles. The van der Waals surface area contributed by atoms with E-state index in [1.807, 2.05) is 0 Å². The first-order valence-corrected chi connectivity index (χ1v) is 6.40. The lowest BCUT2D eigenvalue weighted by atomic mass is 10.1. The van der Waals surface area contributed by atoms with Crippen LogP contribution >= 0.6 is 34.5 Å². The van der Waals surface area contributed by atoms with Crippen LogP contribution in [0.4, 0.5) is 13.2 Å². The van der Waals surface area contributed by atoms with Crippen LogP contribution in [0.25, 0.3) is 0 Å². The van der Waals surface area contributed by atoms with Crippen molar-refractivity contribution in [1.29, 1.82) is 0 Å². The summed E-state index contributed by atoms with van der Waals surface area (Å²) in [5.41, 5.74) is -1.22. The van der Waals surface area contributed by atoms with E-state index in [1.54, 1.807) is 0 Å². The lowest BCUT2D eigenvalue weighted by Crippen LogP contribution is -2.12. The number of carbonyl (C=O) groups is 1. The number of carbonyl (C=O) groups excluding carboxylic acids is 1. The van der Waals surface area contributed by atoms with Crippen LogP contribution in [0.1, 0.15) is 20.9 Å². The average Bonchev–Trinajstić information content (AvgIpc) is 2.70. The highest BCUT2D eigenvalue weighted by Crippen LogP contribution is 2.37. The number of hydrogen-bond acceptors (Lipinski definition) is 3. The zero-order valence-corrected chi connectivity index (χ0v) is 11.3.